The molecule has 0 unspecified atom stereocenters. The number of rotatable bonds is 3. The van der Waals surface area contributed by atoms with Gasteiger partial charge in [-0.3, -0.25) is 4.98 Å². The van der Waals surface area contributed by atoms with Crippen molar-refractivity contribution in [2.24, 2.45) is 0 Å². The summed E-state index contributed by atoms with van der Waals surface area (Å²) in [5.74, 6) is 2.01. The van der Waals surface area contributed by atoms with Crippen LogP contribution in [0.4, 0.5) is 5.82 Å². The van der Waals surface area contributed by atoms with Crippen LogP contribution in [-0.2, 0) is 0 Å². The van der Waals surface area contributed by atoms with Crippen LogP contribution in [-0.4, -0.2) is 22.0 Å². The van der Waals surface area contributed by atoms with E-state index in [1.54, 1.807) is 6.20 Å². The van der Waals surface area contributed by atoms with Crippen LogP contribution >= 0.6 is 31.9 Å². The Bertz CT molecular complexity index is 626. The average Bonchev–Trinajstić information content (AvgIpc) is 3.24. The van der Waals surface area contributed by atoms with Crippen molar-refractivity contribution in [3.8, 4) is 11.5 Å². The average molecular weight is 384 g/mol. The van der Waals surface area contributed by atoms with E-state index in [0.29, 0.717) is 11.7 Å². The third kappa shape index (κ3) is 2.51. The Morgan fingerprint density at radius 2 is 2.05 bits per heavy atom. The first-order valence-corrected chi connectivity index (χ1v) is 7.65. The number of hydrogen-bond donors (Lipinski definition) is 1. The van der Waals surface area contributed by atoms with Crippen molar-refractivity contribution >= 4 is 37.7 Å². The quantitative estimate of drug-likeness (QED) is 0.870. The summed E-state index contributed by atoms with van der Waals surface area (Å²) < 4.78 is 1.87. The molecule has 6 heteroatoms. The lowest BCUT2D eigenvalue weighted by Gasteiger charge is -2.11. The number of aromatic nitrogens is 3. The molecule has 0 spiro atoms. The molecule has 1 fully saturated rings. The predicted octanol–water partition coefficient (Wildman–Crippen LogP) is 3.98. The lowest BCUT2D eigenvalue weighted by atomic mass is 10.2. The van der Waals surface area contributed by atoms with Gasteiger partial charge in [0.15, 0.2) is 5.82 Å². The van der Waals surface area contributed by atoms with Crippen molar-refractivity contribution in [2.45, 2.75) is 18.8 Å². The molecule has 19 heavy (non-hydrogen) atoms. The Morgan fingerprint density at radius 3 is 2.68 bits per heavy atom. The van der Waals surface area contributed by atoms with E-state index in [1.807, 2.05) is 19.2 Å². The van der Waals surface area contributed by atoms with E-state index >= 15 is 0 Å². The molecule has 98 valence electrons. The number of nitrogens with one attached hydrogen (secondary N) is 1. The highest BCUT2D eigenvalue weighted by Crippen LogP contribution is 2.44. The summed E-state index contributed by atoms with van der Waals surface area (Å²) in [4.78, 5) is 13.6. The summed E-state index contributed by atoms with van der Waals surface area (Å²) in [5.41, 5.74) is 1.85. The summed E-state index contributed by atoms with van der Waals surface area (Å²) in [5, 5.41) is 3.11. The van der Waals surface area contributed by atoms with Gasteiger partial charge in [-0.25, -0.2) is 9.97 Å². The van der Waals surface area contributed by atoms with Gasteiger partial charge in [-0.1, -0.05) is 0 Å². The van der Waals surface area contributed by atoms with Crippen LogP contribution in [0.3, 0.4) is 0 Å². The highest BCUT2D eigenvalue weighted by Gasteiger charge is 2.29. The van der Waals surface area contributed by atoms with Crippen molar-refractivity contribution < 1.29 is 0 Å². The molecule has 1 saturated carbocycles. The molecule has 2 aromatic rings. The Balaban J connectivity index is 2.16. The number of pyridine rings is 1. The van der Waals surface area contributed by atoms with Gasteiger partial charge in [-0.15, -0.1) is 0 Å². The molecular formula is C13H12Br2N4. The fourth-order valence-corrected chi connectivity index (χ4v) is 3.05. The zero-order valence-electron chi connectivity index (χ0n) is 10.3. The Kier molecular flexibility index (Phi) is 3.54. The second-order valence-electron chi connectivity index (χ2n) is 4.45. The molecule has 1 aliphatic carbocycles. The van der Waals surface area contributed by atoms with Gasteiger partial charge < -0.3 is 5.32 Å². The highest BCUT2D eigenvalue weighted by molar-refractivity contribution is 9.11. The molecule has 2 heterocycles. The lowest BCUT2D eigenvalue weighted by molar-refractivity contribution is 0.973. The standard InChI is InChI=1S/C13H12Br2N4/c1-16-12-9(15)10(7-4-5-7)18-13(19-12)11-8(14)3-2-6-17-11/h2-3,6-7H,4-5H2,1H3,(H,16,18,19). The summed E-state index contributed by atoms with van der Waals surface area (Å²) in [6, 6.07) is 3.83. The first kappa shape index (κ1) is 13.0. The molecule has 0 amide bonds. The number of anilines is 1. The maximum Gasteiger partial charge on any atom is 0.181 e. The topological polar surface area (TPSA) is 50.7 Å². The van der Waals surface area contributed by atoms with Crippen LogP contribution in [0.2, 0.25) is 0 Å². The Labute approximate surface area is 128 Å². The smallest absolute Gasteiger partial charge is 0.181 e. The molecule has 2 aromatic heterocycles. The maximum absolute atomic E-state index is 4.68. The van der Waals surface area contributed by atoms with Gasteiger partial charge in [0.2, 0.25) is 0 Å². The maximum atomic E-state index is 4.68. The van der Waals surface area contributed by atoms with E-state index in [4.69, 9.17) is 0 Å². The van der Waals surface area contributed by atoms with Gasteiger partial charge in [-0.2, -0.15) is 0 Å². The van der Waals surface area contributed by atoms with Crippen LogP contribution in [0.15, 0.2) is 27.3 Å². The van der Waals surface area contributed by atoms with Crippen LogP contribution < -0.4 is 5.32 Å². The van der Waals surface area contributed by atoms with Gasteiger partial charge in [-0.05, 0) is 56.8 Å². The van der Waals surface area contributed by atoms with Crippen LogP contribution in [0.25, 0.3) is 11.5 Å². The van der Waals surface area contributed by atoms with E-state index < -0.39 is 0 Å². The fraction of sp³-hybridized carbons (Fsp3) is 0.308. The minimum absolute atomic E-state index is 0.547. The zero-order valence-corrected chi connectivity index (χ0v) is 13.5. The zero-order chi connectivity index (χ0) is 13.4. The summed E-state index contributed by atoms with van der Waals surface area (Å²) in [6.45, 7) is 0. The third-order valence-electron chi connectivity index (χ3n) is 3.05. The van der Waals surface area contributed by atoms with E-state index in [1.165, 1.54) is 12.8 Å². The molecule has 4 nitrogen and oxygen atoms in total. The first-order valence-electron chi connectivity index (χ1n) is 6.06. The first-order chi connectivity index (χ1) is 9.20. The monoisotopic (exact) mass is 382 g/mol. The van der Waals surface area contributed by atoms with Gasteiger partial charge >= 0.3 is 0 Å². The summed E-state index contributed by atoms with van der Waals surface area (Å²) in [6.07, 6.45) is 4.14. The molecule has 0 bridgehead atoms. The van der Waals surface area contributed by atoms with Crippen LogP contribution in [0.1, 0.15) is 24.5 Å². The van der Waals surface area contributed by atoms with E-state index in [9.17, 15) is 0 Å². The van der Waals surface area contributed by atoms with Crippen LogP contribution in [0, 0.1) is 0 Å². The predicted molar refractivity (Wildman–Crippen MR) is 82.2 cm³/mol. The number of hydrogen-bond acceptors (Lipinski definition) is 4. The summed E-state index contributed by atoms with van der Waals surface area (Å²) in [7, 11) is 1.86. The molecular weight excluding hydrogens is 372 g/mol. The van der Waals surface area contributed by atoms with E-state index in [-0.39, 0.29) is 0 Å². The lowest BCUT2D eigenvalue weighted by Crippen LogP contribution is -2.03. The van der Waals surface area contributed by atoms with Gasteiger partial charge in [0.1, 0.15) is 11.5 Å². The minimum atomic E-state index is 0.547. The Hall–Kier alpha value is -1.01. The SMILES string of the molecule is CNc1nc(-c2ncccc2Br)nc(C2CC2)c1Br. The molecule has 1 aliphatic rings. The van der Waals surface area contributed by atoms with Gasteiger partial charge in [0, 0.05) is 23.6 Å². The summed E-state index contributed by atoms with van der Waals surface area (Å²) >= 11 is 7.09. The van der Waals surface area contributed by atoms with Crippen LogP contribution in [0.5, 0.6) is 0 Å². The second-order valence-corrected chi connectivity index (χ2v) is 6.10. The van der Waals surface area contributed by atoms with Gasteiger partial charge in [0.05, 0.1) is 10.2 Å². The molecule has 0 radical (unpaired) electrons. The second kappa shape index (κ2) is 5.17. The number of halogens is 2. The largest absolute Gasteiger partial charge is 0.372 e. The molecule has 0 aromatic carbocycles. The van der Waals surface area contributed by atoms with E-state index in [0.717, 1.165) is 26.2 Å². The molecule has 3 rings (SSSR count). The molecule has 1 N–H and O–H groups in total. The normalized spacial score (nSPS) is 14.5. The minimum Gasteiger partial charge on any atom is -0.372 e. The van der Waals surface area contributed by atoms with Gasteiger partial charge in [0.25, 0.3) is 0 Å². The molecule has 0 saturated heterocycles. The van der Waals surface area contributed by atoms with Crippen molar-refractivity contribution in [1.82, 2.24) is 15.0 Å². The number of nitrogens with zero attached hydrogens (tertiary/aromatic N) is 3. The fourth-order valence-electron chi connectivity index (χ4n) is 1.91. The Morgan fingerprint density at radius 1 is 1.26 bits per heavy atom. The van der Waals surface area contributed by atoms with E-state index in [2.05, 4.69) is 52.1 Å². The van der Waals surface area contributed by atoms with Crippen molar-refractivity contribution in [1.29, 1.82) is 0 Å². The third-order valence-corrected chi connectivity index (χ3v) is 4.47. The highest BCUT2D eigenvalue weighted by atomic mass is 79.9. The van der Waals surface area contributed by atoms with Crippen molar-refractivity contribution in [3.05, 3.63) is 33.0 Å². The van der Waals surface area contributed by atoms with Crippen molar-refractivity contribution in [2.75, 3.05) is 12.4 Å². The molecule has 0 aliphatic heterocycles. The molecule has 0 atom stereocenters. The van der Waals surface area contributed by atoms with Crippen molar-refractivity contribution in [3.63, 3.8) is 0 Å².